The molecule has 0 spiro atoms. The van der Waals surface area contributed by atoms with Crippen molar-refractivity contribution in [2.24, 2.45) is 0 Å². The molecule has 1 saturated heterocycles. The molecule has 5 heteroatoms. The molecule has 1 atom stereocenters. The largest absolute Gasteiger partial charge is 0.491 e. The Kier molecular flexibility index (Phi) is 4.32. The SMILES string of the molecule is CN1CCN(c2ccc(C(=O)NC3COc4ccccc43)cc2)CC1. The van der Waals surface area contributed by atoms with Crippen LogP contribution in [0.5, 0.6) is 5.75 Å². The number of carbonyl (C=O) groups is 1. The maximum absolute atomic E-state index is 12.6. The minimum Gasteiger partial charge on any atom is -0.491 e. The predicted octanol–water partition coefficient (Wildman–Crippen LogP) is 2.30. The van der Waals surface area contributed by atoms with E-state index < -0.39 is 0 Å². The summed E-state index contributed by atoms with van der Waals surface area (Å²) in [6, 6.07) is 15.7. The summed E-state index contributed by atoms with van der Waals surface area (Å²) in [6.45, 7) is 4.69. The number of amides is 1. The lowest BCUT2D eigenvalue weighted by Gasteiger charge is -2.34. The van der Waals surface area contributed by atoms with Gasteiger partial charge in [0, 0.05) is 43.0 Å². The smallest absolute Gasteiger partial charge is 0.251 e. The first-order valence-corrected chi connectivity index (χ1v) is 8.77. The summed E-state index contributed by atoms with van der Waals surface area (Å²) < 4.78 is 5.63. The molecule has 1 unspecified atom stereocenters. The molecule has 2 aromatic carbocycles. The van der Waals surface area contributed by atoms with Crippen molar-refractivity contribution >= 4 is 11.6 Å². The third-order valence-corrected chi connectivity index (χ3v) is 5.00. The second kappa shape index (κ2) is 6.76. The number of para-hydroxylation sites is 1. The molecular weight excluding hydrogens is 314 g/mol. The first kappa shape index (κ1) is 16.0. The van der Waals surface area contributed by atoms with Crippen LogP contribution in [0.2, 0.25) is 0 Å². The van der Waals surface area contributed by atoms with E-state index in [0.29, 0.717) is 12.2 Å². The molecular formula is C20H23N3O2. The molecule has 1 N–H and O–H groups in total. The minimum atomic E-state index is -0.0824. The normalized spacial score (nSPS) is 20.0. The van der Waals surface area contributed by atoms with E-state index in [1.54, 1.807) is 0 Å². The van der Waals surface area contributed by atoms with Crippen LogP contribution in [0.4, 0.5) is 5.69 Å². The topological polar surface area (TPSA) is 44.8 Å². The molecule has 0 aliphatic carbocycles. The Morgan fingerprint density at radius 2 is 1.76 bits per heavy atom. The van der Waals surface area contributed by atoms with E-state index in [1.807, 2.05) is 48.5 Å². The van der Waals surface area contributed by atoms with Crippen molar-refractivity contribution in [3.05, 3.63) is 59.7 Å². The first-order valence-electron chi connectivity index (χ1n) is 8.77. The van der Waals surface area contributed by atoms with Gasteiger partial charge in [-0.1, -0.05) is 18.2 Å². The van der Waals surface area contributed by atoms with Gasteiger partial charge in [-0.2, -0.15) is 0 Å². The highest BCUT2D eigenvalue weighted by atomic mass is 16.5. The molecule has 2 aromatic rings. The van der Waals surface area contributed by atoms with E-state index in [-0.39, 0.29) is 11.9 Å². The standard InChI is InChI=1S/C20H23N3O2/c1-22-10-12-23(13-11-22)16-8-6-15(7-9-16)20(24)21-18-14-25-19-5-3-2-4-17(18)19/h2-9,18H,10-14H2,1H3,(H,21,24). The third kappa shape index (κ3) is 3.33. The van der Waals surface area contributed by atoms with Crippen molar-refractivity contribution in [1.29, 1.82) is 0 Å². The van der Waals surface area contributed by atoms with Crippen molar-refractivity contribution in [3.8, 4) is 5.75 Å². The van der Waals surface area contributed by atoms with E-state index in [9.17, 15) is 4.79 Å². The average Bonchev–Trinajstić information content (AvgIpc) is 3.06. The fraction of sp³-hybridized carbons (Fsp3) is 0.350. The number of nitrogens with one attached hydrogen (secondary N) is 1. The summed E-state index contributed by atoms with van der Waals surface area (Å²) in [5.74, 6) is 0.799. The fourth-order valence-electron chi connectivity index (χ4n) is 3.41. The molecule has 0 bridgehead atoms. The number of rotatable bonds is 3. The van der Waals surface area contributed by atoms with Gasteiger partial charge in [0.05, 0.1) is 6.04 Å². The molecule has 5 nitrogen and oxygen atoms in total. The van der Waals surface area contributed by atoms with Crippen LogP contribution < -0.4 is 15.0 Å². The van der Waals surface area contributed by atoms with Gasteiger partial charge in [-0.15, -0.1) is 0 Å². The molecule has 4 rings (SSSR count). The van der Waals surface area contributed by atoms with Crippen LogP contribution in [0.3, 0.4) is 0 Å². The summed E-state index contributed by atoms with van der Waals surface area (Å²) in [7, 11) is 2.15. The summed E-state index contributed by atoms with van der Waals surface area (Å²) in [5, 5.41) is 3.07. The zero-order valence-electron chi connectivity index (χ0n) is 14.4. The first-order chi connectivity index (χ1) is 12.2. The number of piperazine rings is 1. The van der Waals surface area contributed by atoms with Gasteiger partial charge in [0.2, 0.25) is 0 Å². The number of nitrogens with zero attached hydrogens (tertiary/aromatic N) is 2. The Balaban J connectivity index is 1.41. The van der Waals surface area contributed by atoms with E-state index in [2.05, 4.69) is 22.2 Å². The molecule has 0 saturated carbocycles. The second-order valence-electron chi connectivity index (χ2n) is 6.71. The van der Waals surface area contributed by atoms with Crippen molar-refractivity contribution in [2.75, 3.05) is 44.7 Å². The molecule has 1 fully saturated rings. The van der Waals surface area contributed by atoms with E-state index in [1.165, 1.54) is 5.69 Å². The maximum atomic E-state index is 12.6. The number of hydrogen-bond acceptors (Lipinski definition) is 4. The van der Waals surface area contributed by atoms with Crippen LogP contribution in [0.1, 0.15) is 22.0 Å². The Labute approximate surface area is 148 Å². The van der Waals surface area contributed by atoms with Crippen molar-refractivity contribution in [1.82, 2.24) is 10.2 Å². The number of ether oxygens (including phenoxy) is 1. The summed E-state index contributed by atoms with van der Waals surface area (Å²) >= 11 is 0. The fourth-order valence-corrected chi connectivity index (χ4v) is 3.41. The zero-order chi connectivity index (χ0) is 17.2. The van der Waals surface area contributed by atoms with Gasteiger partial charge in [0.15, 0.2) is 0 Å². The average molecular weight is 337 g/mol. The maximum Gasteiger partial charge on any atom is 0.251 e. The lowest BCUT2D eigenvalue weighted by atomic mass is 10.1. The summed E-state index contributed by atoms with van der Waals surface area (Å²) in [4.78, 5) is 17.3. The highest BCUT2D eigenvalue weighted by Gasteiger charge is 2.25. The second-order valence-corrected chi connectivity index (χ2v) is 6.71. The Morgan fingerprint density at radius 1 is 1.04 bits per heavy atom. The van der Waals surface area contributed by atoms with Crippen molar-refractivity contribution in [3.63, 3.8) is 0 Å². The molecule has 2 heterocycles. The van der Waals surface area contributed by atoms with Crippen LogP contribution in [0, 0.1) is 0 Å². The minimum absolute atomic E-state index is 0.0600. The molecule has 25 heavy (non-hydrogen) atoms. The van der Waals surface area contributed by atoms with E-state index in [4.69, 9.17) is 4.74 Å². The Hall–Kier alpha value is -2.53. The molecule has 1 amide bonds. The zero-order valence-corrected chi connectivity index (χ0v) is 14.4. The molecule has 2 aliphatic heterocycles. The van der Waals surface area contributed by atoms with Gasteiger partial charge in [-0.3, -0.25) is 4.79 Å². The van der Waals surface area contributed by atoms with Crippen LogP contribution in [0.25, 0.3) is 0 Å². The highest BCUT2D eigenvalue weighted by molar-refractivity contribution is 5.94. The Bertz CT molecular complexity index is 752. The van der Waals surface area contributed by atoms with E-state index >= 15 is 0 Å². The van der Waals surface area contributed by atoms with Gasteiger partial charge in [-0.25, -0.2) is 0 Å². The summed E-state index contributed by atoms with van der Waals surface area (Å²) in [5.41, 5.74) is 2.91. The number of hydrogen-bond donors (Lipinski definition) is 1. The number of fused-ring (bicyclic) bond motifs is 1. The van der Waals surface area contributed by atoms with Crippen molar-refractivity contribution < 1.29 is 9.53 Å². The van der Waals surface area contributed by atoms with Crippen LogP contribution in [-0.4, -0.2) is 50.6 Å². The van der Waals surface area contributed by atoms with Gasteiger partial charge >= 0.3 is 0 Å². The number of benzene rings is 2. The van der Waals surface area contributed by atoms with Gasteiger partial charge in [0.1, 0.15) is 12.4 Å². The number of anilines is 1. The lowest BCUT2D eigenvalue weighted by molar-refractivity contribution is 0.0930. The van der Waals surface area contributed by atoms with Gasteiger partial charge < -0.3 is 19.9 Å². The molecule has 0 aromatic heterocycles. The number of carbonyl (C=O) groups excluding carboxylic acids is 1. The van der Waals surface area contributed by atoms with Crippen LogP contribution in [-0.2, 0) is 0 Å². The van der Waals surface area contributed by atoms with Crippen LogP contribution in [0.15, 0.2) is 48.5 Å². The predicted molar refractivity (Wildman–Crippen MR) is 98.3 cm³/mol. The quantitative estimate of drug-likeness (QED) is 0.933. The molecule has 2 aliphatic rings. The summed E-state index contributed by atoms with van der Waals surface area (Å²) in [6.07, 6.45) is 0. The Morgan fingerprint density at radius 3 is 2.52 bits per heavy atom. The van der Waals surface area contributed by atoms with Crippen LogP contribution >= 0.6 is 0 Å². The molecule has 0 radical (unpaired) electrons. The molecule has 130 valence electrons. The van der Waals surface area contributed by atoms with Gasteiger partial charge in [-0.05, 0) is 37.4 Å². The van der Waals surface area contributed by atoms with E-state index in [0.717, 1.165) is 37.5 Å². The lowest BCUT2D eigenvalue weighted by Crippen LogP contribution is -2.44. The third-order valence-electron chi connectivity index (χ3n) is 5.00. The monoisotopic (exact) mass is 337 g/mol. The number of likely N-dealkylation sites (N-methyl/N-ethyl adjacent to an activating group) is 1. The highest BCUT2D eigenvalue weighted by Crippen LogP contribution is 2.31. The van der Waals surface area contributed by atoms with Crippen molar-refractivity contribution in [2.45, 2.75) is 6.04 Å². The van der Waals surface area contributed by atoms with Gasteiger partial charge in [0.25, 0.3) is 5.91 Å².